The fourth-order valence-electron chi connectivity index (χ4n) is 1.80. The molecule has 0 bridgehead atoms. The Hall–Kier alpha value is -1.11. The Balaban J connectivity index is 2.03. The molecule has 1 heterocycles. The average molecular weight is 376 g/mol. The number of rotatable bonds is 5. The summed E-state index contributed by atoms with van der Waals surface area (Å²) in [7, 11) is 0. The highest BCUT2D eigenvalue weighted by molar-refractivity contribution is 9.11. The SMILES string of the molecule is Cc1cc([N+](=O)[O-])c(Cl)cc1NCCc1ccc(Br)s1. The van der Waals surface area contributed by atoms with Crippen LogP contribution in [0.4, 0.5) is 11.4 Å². The lowest BCUT2D eigenvalue weighted by molar-refractivity contribution is -0.384. The van der Waals surface area contributed by atoms with Crippen molar-refractivity contribution >= 4 is 50.2 Å². The highest BCUT2D eigenvalue weighted by Gasteiger charge is 2.14. The van der Waals surface area contributed by atoms with Crippen LogP contribution < -0.4 is 5.32 Å². The zero-order valence-electron chi connectivity index (χ0n) is 10.7. The zero-order valence-corrected chi connectivity index (χ0v) is 13.8. The second-order valence-electron chi connectivity index (χ2n) is 4.26. The van der Waals surface area contributed by atoms with Crippen LogP contribution in [0.1, 0.15) is 10.4 Å². The fraction of sp³-hybridized carbons (Fsp3) is 0.231. The number of benzene rings is 1. The smallest absolute Gasteiger partial charge is 0.288 e. The summed E-state index contributed by atoms with van der Waals surface area (Å²) in [5.41, 5.74) is 1.58. The summed E-state index contributed by atoms with van der Waals surface area (Å²) < 4.78 is 1.11. The van der Waals surface area contributed by atoms with Gasteiger partial charge in [-0.25, -0.2) is 0 Å². The zero-order chi connectivity index (χ0) is 14.7. The molecule has 0 spiro atoms. The number of nitro groups is 1. The standard InChI is InChI=1S/C13H12BrClN2O2S/c1-8-6-12(17(18)19)10(15)7-11(8)16-5-4-9-2-3-13(14)20-9/h2-3,6-7,16H,4-5H2,1H3. The van der Waals surface area contributed by atoms with Crippen molar-refractivity contribution in [2.75, 3.05) is 11.9 Å². The number of aryl methyl sites for hydroxylation is 1. The maximum Gasteiger partial charge on any atom is 0.288 e. The molecule has 2 rings (SSSR count). The number of nitro benzene ring substituents is 1. The van der Waals surface area contributed by atoms with Gasteiger partial charge in [0.1, 0.15) is 5.02 Å². The number of thiophene rings is 1. The molecule has 0 saturated heterocycles. The van der Waals surface area contributed by atoms with Gasteiger partial charge in [0.15, 0.2) is 0 Å². The lowest BCUT2D eigenvalue weighted by Gasteiger charge is -2.09. The summed E-state index contributed by atoms with van der Waals surface area (Å²) in [4.78, 5) is 11.6. The van der Waals surface area contributed by atoms with Crippen molar-refractivity contribution in [2.45, 2.75) is 13.3 Å². The molecule has 0 saturated carbocycles. The van der Waals surface area contributed by atoms with E-state index in [9.17, 15) is 10.1 Å². The molecule has 0 radical (unpaired) electrons. The van der Waals surface area contributed by atoms with E-state index in [2.05, 4.69) is 27.3 Å². The van der Waals surface area contributed by atoms with E-state index in [0.717, 1.165) is 28.0 Å². The van der Waals surface area contributed by atoms with E-state index in [4.69, 9.17) is 11.6 Å². The molecule has 106 valence electrons. The first-order valence-electron chi connectivity index (χ1n) is 5.90. The number of anilines is 1. The largest absolute Gasteiger partial charge is 0.384 e. The summed E-state index contributed by atoms with van der Waals surface area (Å²) in [6.07, 6.45) is 0.893. The topological polar surface area (TPSA) is 55.2 Å². The Morgan fingerprint density at radius 3 is 2.80 bits per heavy atom. The molecule has 1 aromatic heterocycles. The van der Waals surface area contributed by atoms with E-state index in [1.54, 1.807) is 17.4 Å². The van der Waals surface area contributed by atoms with Crippen LogP contribution in [0.25, 0.3) is 0 Å². The molecule has 1 aromatic carbocycles. The maximum atomic E-state index is 10.8. The fourth-order valence-corrected chi connectivity index (χ4v) is 3.52. The molecule has 7 heteroatoms. The second kappa shape index (κ2) is 6.56. The number of hydrogen-bond donors (Lipinski definition) is 1. The first-order valence-corrected chi connectivity index (χ1v) is 7.88. The van der Waals surface area contributed by atoms with E-state index in [1.807, 2.05) is 13.0 Å². The van der Waals surface area contributed by atoms with Gasteiger partial charge in [-0.2, -0.15) is 0 Å². The molecule has 0 aliphatic heterocycles. The van der Waals surface area contributed by atoms with E-state index in [-0.39, 0.29) is 10.7 Å². The van der Waals surface area contributed by atoms with Gasteiger partial charge in [-0.1, -0.05) is 11.6 Å². The van der Waals surface area contributed by atoms with Crippen molar-refractivity contribution in [3.8, 4) is 0 Å². The number of hydrogen-bond acceptors (Lipinski definition) is 4. The molecular weight excluding hydrogens is 364 g/mol. The summed E-state index contributed by atoms with van der Waals surface area (Å²) in [6.45, 7) is 2.58. The van der Waals surface area contributed by atoms with Gasteiger partial charge in [-0.05, 0) is 53.0 Å². The number of nitrogens with zero attached hydrogens (tertiary/aromatic N) is 1. The third-order valence-electron chi connectivity index (χ3n) is 2.81. The minimum Gasteiger partial charge on any atom is -0.384 e. The van der Waals surface area contributed by atoms with Crippen molar-refractivity contribution in [1.82, 2.24) is 0 Å². The quantitative estimate of drug-likeness (QED) is 0.588. The van der Waals surface area contributed by atoms with Crippen molar-refractivity contribution < 1.29 is 4.92 Å². The van der Waals surface area contributed by atoms with Crippen LogP contribution in [-0.2, 0) is 6.42 Å². The van der Waals surface area contributed by atoms with Crippen LogP contribution in [0, 0.1) is 17.0 Å². The predicted molar refractivity (Wildman–Crippen MR) is 87.1 cm³/mol. The lowest BCUT2D eigenvalue weighted by Crippen LogP contribution is -2.05. The summed E-state index contributed by atoms with van der Waals surface area (Å²) in [6, 6.07) is 7.20. The Morgan fingerprint density at radius 2 is 2.20 bits per heavy atom. The van der Waals surface area contributed by atoms with Gasteiger partial charge >= 0.3 is 0 Å². The van der Waals surface area contributed by atoms with Crippen molar-refractivity contribution in [3.63, 3.8) is 0 Å². The van der Waals surface area contributed by atoms with Gasteiger partial charge < -0.3 is 5.32 Å². The van der Waals surface area contributed by atoms with E-state index < -0.39 is 4.92 Å². The van der Waals surface area contributed by atoms with Crippen molar-refractivity contribution in [2.24, 2.45) is 0 Å². The van der Waals surface area contributed by atoms with Crippen LogP contribution >= 0.6 is 38.9 Å². The normalized spacial score (nSPS) is 10.6. The van der Waals surface area contributed by atoms with E-state index in [1.165, 1.54) is 10.9 Å². The summed E-state index contributed by atoms with van der Waals surface area (Å²) in [5, 5.41) is 14.2. The first-order chi connectivity index (χ1) is 9.47. The van der Waals surface area contributed by atoms with Crippen LogP contribution in [0.15, 0.2) is 28.1 Å². The molecule has 20 heavy (non-hydrogen) atoms. The molecule has 0 unspecified atom stereocenters. The van der Waals surface area contributed by atoms with Gasteiger partial charge in [0.25, 0.3) is 5.69 Å². The third-order valence-corrected chi connectivity index (χ3v) is 4.79. The second-order valence-corrected chi connectivity index (χ2v) is 7.21. The van der Waals surface area contributed by atoms with Crippen LogP contribution in [0.3, 0.4) is 0 Å². The number of nitrogens with one attached hydrogen (secondary N) is 1. The maximum absolute atomic E-state index is 10.8. The Kier molecular flexibility index (Phi) is 5.01. The molecule has 0 atom stereocenters. The minimum atomic E-state index is -0.470. The monoisotopic (exact) mass is 374 g/mol. The molecule has 4 nitrogen and oxygen atoms in total. The third kappa shape index (κ3) is 3.71. The Morgan fingerprint density at radius 1 is 1.45 bits per heavy atom. The van der Waals surface area contributed by atoms with Crippen molar-refractivity contribution in [3.05, 3.63) is 53.6 Å². The van der Waals surface area contributed by atoms with Gasteiger partial charge in [0.05, 0.1) is 8.71 Å². The summed E-state index contributed by atoms with van der Waals surface area (Å²) >= 11 is 11.0. The highest BCUT2D eigenvalue weighted by atomic mass is 79.9. The molecule has 0 fully saturated rings. The lowest BCUT2D eigenvalue weighted by atomic mass is 10.1. The molecule has 0 aliphatic rings. The molecule has 1 N–H and O–H groups in total. The minimum absolute atomic E-state index is 0.0584. The molecular formula is C13H12BrClN2O2S. The van der Waals surface area contributed by atoms with Gasteiger partial charge in [0, 0.05) is 23.2 Å². The summed E-state index contributed by atoms with van der Waals surface area (Å²) in [5.74, 6) is 0. The predicted octanol–water partition coefficient (Wildman–Crippen LogP) is 5.04. The van der Waals surface area contributed by atoms with Crippen molar-refractivity contribution in [1.29, 1.82) is 0 Å². The van der Waals surface area contributed by atoms with E-state index in [0.29, 0.717) is 0 Å². The van der Waals surface area contributed by atoms with Gasteiger partial charge in [-0.15, -0.1) is 11.3 Å². The first kappa shape index (κ1) is 15.3. The molecule has 0 amide bonds. The molecule has 2 aromatic rings. The van der Waals surface area contributed by atoms with Gasteiger partial charge in [0.2, 0.25) is 0 Å². The highest BCUT2D eigenvalue weighted by Crippen LogP contribution is 2.30. The Labute approximate surface area is 134 Å². The van der Waals surface area contributed by atoms with Crippen LogP contribution in [0.5, 0.6) is 0 Å². The average Bonchev–Trinajstić information content (AvgIpc) is 2.78. The van der Waals surface area contributed by atoms with Gasteiger partial charge in [-0.3, -0.25) is 10.1 Å². The molecule has 0 aliphatic carbocycles. The van der Waals surface area contributed by atoms with Crippen LogP contribution in [-0.4, -0.2) is 11.5 Å². The Bertz CT molecular complexity index is 645. The van der Waals surface area contributed by atoms with E-state index >= 15 is 0 Å². The van der Waals surface area contributed by atoms with Crippen LogP contribution in [0.2, 0.25) is 5.02 Å². The number of halogens is 2.